The molecule has 3 heteroatoms. The van der Waals surface area contributed by atoms with Gasteiger partial charge in [0.25, 0.3) is 0 Å². The number of nitrogen functional groups attached to an aromatic ring is 1. The van der Waals surface area contributed by atoms with Crippen LogP contribution >= 0.6 is 0 Å². The minimum atomic E-state index is 0.564. The predicted molar refractivity (Wildman–Crippen MR) is 102 cm³/mol. The average Bonchev–Trinajstić information content (AvgIpc) is 2.67. The maximum Gasteiger partial charge on any atom is 0.131 e. The number of hydrogen-bond acceptors (Lipinski definition) is 3. The Labute approximate surface area is 146 Å². The molecule has 1 aromatic heterocycles. The van der Waals surface area contributed by atoms with E-state index < -0.39 is 0 Å². The number of ether oxygens (including phenoxy) is 1. The molecule has 0 saturated carbocycles. The molecule has 0 spiro atoms. The Balaban J connectivity index is 1.54. The SMILES string of the molecule is Nc1nccc2cc(-c3ccc(OCc4ccccc4)cc3)ccc12. The van der Waals surface area contributed by atoms with E-state index in [0.717, 1.165) is 33.2 Å². The van der Waals surface area contributed by atoms with Crippen LogP contribution in [-0.4, -0.2) is 4.98 Å². The van der Waals surface area contributed by atoms with Crippen molar-refractivity contribution in [1.29, 1.82) is 0 Å². The van der Waals surface area contributed by atoms with Crippen LogP contribution in [0.5, 0.6) is 5.75 Å². The summed E-state index contributed by atoms with van der Waals surface area (Å²) in [5.41, 5.74) is 9.37. The molecule has 3 nitrogen and oxygen atoms in total. The van der Waals surface area contributed by atoms with Gasteiger partial charge in [-0.05, 0) is 46.3 Å². The van der Waals surface area contributed by atoms with Gasteiger partial charge in [0.05, 0.1) is 0 Å². The zero-order valence-corrected chi connectivity index (χ0v) is 13.7. The zero-order valence-electron chi connectivity index (χ0n) is 13.7. The van der Waals surface area contributed by atoms with Crippen LogP contribution in [0.4, 0.5) is 5.82 Å². The fourth-order valence-corrected chi connectivity index (χ4v) is 2.87. The van der Waals surface area contributed by atoms with Gasteiger partial charge < -0.3 is 10.5 Å². The summed E-state index contributed by atoms with van der Waals surface area (Å²) in [5, 5.41) is 2.07. The molecule has 25 heavy (non-hydrogen) atoms. The predicted octanol–water partition coefficient (Wildman–Crippen LogP) is 5.06. The number of benzene rings is 3. The first-order valence-corrected chi connectivity index (χ1v) is 8.21. The molecular formula is C22H18N2O. The Morgan fingerprint density at radius 1 is 0.800 bits per heavy atom. The number of nitrogens with two attached hydrogens (primary N) is 1. The maximum absolute atomic E-state index is 5.92. The third-order valence-corrected chi connectivity index (χ3v) is 4.23. The highest BCUT2D eigenvalue weighted by molar-refractivity contribution is 5.93. The Morgan fingerprint density at radius 2 is 1.56 bits per heavy atom. The van der Waals surface area contributed by atoms with E-state index in [4.69, 9.17) is 10.5 Å². The molecule has 0 fully saturated rings. The minimum absolute atomic E-state index is 0.564. The van der Waals surface area contributed by atoms with Gasteiger partial charge in [0, 0.05) is 11.6 Å². The quantitative estimate of drug-likeness (QED) is 0.570. The second-order valence-corrected chi connectivity index (χ2v) is 5.93. The van der Waals surface area contributed by atoms with Gasteiger partial charge in [0.2, 0.25) is 0 Å². The molecule has 2 N–H and O–H groups in total. The molecule has 1 heterocycles. The molecule has 0 aliphatic carbocycles. The summed E-state index contributed by atoms with van der Waals surface area (Å²) in [6, 6.07) is 26.5. The second kappa shape index (κ2) is 6.65. The van der Waals surface area contributed by atoms with Crippen LogP contribution in [-0.2, 0) is 6.61 Å². The number of rotatable bonds is 4. The van der Waals surface area contributed by atoms with Crippen LogP contribution in [0.3, 0.4) is 0 Å². The first kappa shape index (κ1) is 15.2. The van der Waals surface area contributed by atoms with Crippen molar-refractivity contribution in [2.75, 3.05) is 5.73 Å². The molecule has 0 radical (unpaired) electrons. The van der Waals surface area contributed by atoms with Crippen molar-refractivity contribution in [2.45, 2.75) is 6.61 Å². The first-order chi connectivity index (χ1) is 12.3. The summed E-state index contributed by atoms with van der Waals surface area (Å²) in [7, 11) is 0. The third-order valence-electron chi connectivity index (χ3n) is 4.23. The van der Waals surface area contributed by atoms with Crippen LogP contribution in [0.25, 0.3) is 21.9 Å². The van der Waals surface area contributed by atoms with E-state index in [0.29, 0.717) is 12.4 Å². The number of pyridine rings is 1. The number of aromatic nitrogens is 1. The highest BCUT2D eigenvalue weighted by Crippen LogP contribution is 2.27. The lowest BCUT2D eigenvalue weighted by Gasteiger charge is -2.09. The summed E-state index contributed by atoms with van der Waals surface area (Å²) in [6.07, 6.45) is 1.74. The molecule has 0 amide bonds. The topological polar surface area (TPSA) is 48.1 Å². The second-order valence-electron chi connectivity index (χ2n) is 5.93. The molecule has 4 aromatic rings. The first-order valence-electron chi connectivity index (χ1n) is 8.21. The summed E-state index contributed by atoms with van der Waals surface area (Å²) in [5.74, 6) is 1.43. The molecule has 3 aromatic carbocycles. The molecule has 0 aliphatic rings. The van der Waals surface area contributed by atoms with Crippen LogP contribution in [0, 0.1) is 0 Å². The molecule has 0 saturated heterocycles. The van der Waals surface area contributed by atoms with Crippen molar-refractivity contribution in [3.63, 3.8) is 0 Å². The minimum Gasteiger partial charge on any atom is -0.489 e. The number of nitrogens with zero attached hydrogens (tertiary/aromatic N) is 1. The fourth-order valence-electron chi connectivity index (χ4n) is 2.87. The standard InChI is InChI=1S/C22H18N2O/c23-22-21-11-8-18(14-19(21)12-13-24-22)17-6-9-20(10-7-17)25-15-16-4-2-1-3-5-16/h1-14H,15H2,(H2,23,24). The highest BCUT2D eigenvalue weighted by atomic mass is 16.5. The molecule has 0 atom stereocenters. The maximum atomic E-state index is 5.92. The van der Waals surface area contributed by atoms with Crippen molar-refractivity contribution >= 4 is 16.6 Å². The van der Waals surface area contributed by atoms with Crippen molar-refractivity contribution in [2.24, 2.45) is 0 Å². The summed E-state index contributed by atoms with van der Waals surface area (Å²) in [4.78, 5) is 4.13. The van der Waals surface area contributed by atoms with Crippen LogP contribution in [0.1, 0.15) is 5.56 Å². The van der Waals surface area contributed by atoms with E-state index in [1.165, 1.54) is 0 Å². The highest BCUT2D eigenvalue weighted by Gasteiger charge is 2.03. The number of hydrogen-bond donors (Lipinski definition) is 1. The van der Waals surface area contributed by atoms with Gasteiger partial charge in [-0.3, -0.25) is 0 Å². The van der Waals surface area contributed by atoms with Gasteiger partial charge >= 0.3 is 0 Å². The molecule has 0 aliphatic heterocycles. The van der Waals surface area contributed by atoms with Gasteiger partial charge in [-0.2, -0.15) is 0 Å². The van der Waals surface area contributed by atoms with Crippen molar-refractivity contribution in [3.05, 3.63) is 90.6 Å². The summed E-state index contributed by atoms with van der Waals surface area (Å²) >= 11 is 0. The fraction of sp³-hybridized carbons (Fsp3) is 0.0455. The van der Waals surface area contributed by atoms with Gasteiger partial charge in [0.15, 0.2) is 0 Å². The lowest BCUT2D eigenvalue weighted by Crippen LogP contribution is -1.94. The van der Waals surface area contributed by atoms with E-state index in [-0.39, 0.29) is 0 Å². The largest absolute Gasteiger partial charge is 0.489 e. The number of anilines is 1. The monoisotopic (exact) mass is 326 g/mol. The van der Waals surface area contributed by atoms with Gasteiger partial charge in [-0.1, -0.05) is 54.6 Å². The van der Waals surface area contributed by atoms with Crippen molar-refractivity contribution in [3.8, 4) is 16.9 Å². The van der Waals surface area contributed by atoms with E-state index in [1.807, 2.05) is 42.5 Å². The third kappa shape index (κ3) is 3.31. The van der Waals surface area contributed by atoms with Crippen molar-refractivity contribution in [1.82, 2.24) is 4.98 Å². The Kier molecular flexibility index (Phi) is 4.05. The van der Waals surface area contributed by atoms with Gasteiger partial charge in [0.1, 0.15) is 18.2 Å². The van der Waals surface area contributed by atoms with E-state index in [9.17, 15) is 0 Å². The van der Waals surface area contributed by atoms with Crippen LogP contribution < -0.4 is 10.5 Å². The average molecular weight is 326 g/mol. The van der Waals surface area contributed by atoms with Crippen molar-refractivity contribution < 1.29 is 4.74 Å². The Bertz CT molecular complexity index is 995. The summed E-state index contributed by atoms with van der Waals surface area (Å²) in [6.45, 7) is 0.572. The zero-order chi connectivity index (χ0) is 17.1. The molecule has 0 bridgehead atoms. The molecule has 4 rings (SSSR count). The van der Waals surface area contributed by atoms with Crippen LogP contribution in [0.2, 0.25) is 0 Å². The van der Waals surface area contributed by atoms with E-state index in [2.05, 4.69) is 41.4 Å². The van der Waals surface area contributed by atoms with E-state index >= 15 is 0 Å². The van der Waals surface area contributed by atoms with Gasteiger partial charge in [-0.15, -0.1) is 0 Å². The lowest BCUT2D eigenvalue weighted by molar-refractivity contribution is 0.306. The summed E-state index contributed by atoms with van der Waals surface area (Å²) < 4.78 is 5.84. The smallest absolute Gasteiger partial charge is 0.131 e. The lowest BCUT2D eigenvalue weighted by atomic mass is 10.0. The normalized spacial score (nSPS) is 10.7. The molecule has 122 valence electrons. The Hall–Kier alpha value is -3.33. The Morgan fingerprint density at radius 3 is 2.36 bits per heavy atom. The van der Waals surface area contributed by atoms with Gasteiger partial charge in [-0.25, -0.2) is 4.98 Å². The van der Waals surface area contributed by atoms with Crippen LogP contribution in [0.15, 0.2) is 85.1 Å². The molecular weight excluding hydrogens is 308 g/mol. The van der Waals surface area contributed by atoms with E-state index in [1.54, 1.807) is 6.20 Å². The molecule has 0 unspecified atom stereocenters. The number of fused-ring (bicyclic) bond motifs is 1.